The van der Waals surface area contributed by atoms with Crippen LogP contribution in [0.2, 0.25) is 0 Å². The zero-order chi connectivity index (χ0) is 15.6. The van der Waals surface area contributed by atoms with Crippen LogP contribution < -0.4 is 5.43 Å². The highest BCUT2D eigenvalue weighted by atomic mass is 79.9. The molecule has 21 heavy (non-hydrogen) atoms. The van der Waals surface area contributed by atoms with Gasteiger partial charge in [0.2, 0.25) is 5.95 Å². The highest BCUT2D eigenvalue weighted by Gasteiger charge is 2.15. The van der Waals surface area contributed by atoms with Crippen molar-refractivity contribution in [3.8, 4) is 0 Å². The van der Waals surface area contributed by atoms with Crippen LogP contribution in [0.1, 0.15) is 24.2 Å². The van der Waals surface area contributed by atoms with Gasteiger partial charge < -0.3 is 0 Å². The third kappa shape index (κ3) is 3.35. The lowest BCUT2D eigenvalue weighted by molar-refractivity contribution is -0.124. The maximum atomic E-state index is 13.7. The normalized spacial score (nSPS) is 12.8. The summed E-state index contributed by atoms with van der Waals surface area (Å²) < 4.78 is 17.0. The number of aryl methyl sites for hydroxylation is 2. The van der Waals surface area contributed by atoms with E-state index in [0.717, 1.165) is 9.15 Å². The summed E-state index contributed by atoms with van der Waals surface area (Å²) in [4.78, 5) is 11.9. The first kappa shape index (κ1) is 15.4. The van der Waals surface area contributed by atoms with Gasteiger partial charge in [0.05, 0.1) is 28.1 Å². The van der Waals surface area contributed by atoms with Crippen molar-refractivity contribution in [1.29, 1.82) is 0 Å². The Morgan fingerprint density at radius 3 is 2.86 bits per heavy atom. The van der Waals surface area contributed by atoms with Crippen LogP contribution in [-0.4, -0.2) is 31.7 Å². The van der Waals surface area contributed by atoms with Crippen molar-refractivity contribution in [2.75, 3.05) is 0 Å². The molecule has 7 nitrogen and oxygen atoms in total. The minimum Gasteiger partial charge on any atom is -0.271 e. The molecule has 0 aromatic carbocycles. The Morgan fingerprint density at radius 2 is 2.33 bits per heavy atom. The summed E-state index contributed by atoms with van der Waals surface area (Å²) in [5, 5.41) is 11.7. The van der Waals surface area contributed by atoms with Crippen LogP contribution in [0.3, 0.4) is 0 Å². The van der Waals surface area contributed by atoms with Gasteiger partial charge in [-0.25, -0.2) is 10.1 Å². The van der Waals surface area contributed by atoms with E-state index in [-0.39, 0.29) is 11.5 Å². The van der Waals surface area contributed by atoms with Gasteiger partial charge in [0.1, 0.15) is 6.04 Å². The average molecular weight is 357 g/mol. The lowest BCUT2D eigenvalue weighted by Gasteiger charge is -2.09. The molecule has 1 atom stereocenters. The number of carbonyl (C=O) groups excluding carboxylic acids is 1. The van der Waals surface area contributed by atoms with Crippen molar-refractivity contribution in [2.45, 2.75) is 19.9 Å². The van der Waals surface area contributed by atoms with Crippen molar-refractivity contribution >= 4 is 28.1 Å². The van der Waals surface area contributed by atoms with Crippen molar-refractivity contribution in [2.24, 2.45) is 12.1 Å². The van der Waals surface area contributed by atoms with Crippen molar-refractivity contribution < 1.29 is 9.18 Å². The van der Waals surface area contributed by atoms with Crippen LogP contribution in [-0.2, 0) is 11.8 Å². The van der Waals surface area contributed by atoms with Crippen LogP contribution in [0.25, 0.3) is 0 Å². The van der Waals surface area contributed by atoms with E-state index in [0.29, 0.717) is 5.69 Å². The van der Waals surface area contributed by atoms with Gasteiger partial charge in [-0.3, -0.25) is 9.48 Å². The fraction of sp³-hybridized carbons (Fsp3) is 0.333. The summed E-state index contributed by atoms with van der Waals surface area (Å²) in [6.45, 7) is 3.34. The molecular formula is C12H14BrFN6O. The first-order chi connectivity index (χ1) is 9.90. The molecule has 0 fully saturated rings. The molecule has 0 saturated carbocycles. The molecule has 0 unspecified atom stereocenters. The zero-order valence-corrected chi connectivity index (χ0v) is 13.3. The summed E-state index contributed by atoms with van der Waals surface area (Å²) in [6, 6.07) is -0.534. The highest BCUT2D eigenvalue weighted by Crippen LogP contribution is 2.11. The van der Waals surface area contributed by atoms with Gasteiger partial charge in [0.25, 0.3) is 5.91 Å². The monoisotopic (exact) mass is 356 g/mol. The van der Waals surface area contributed by atoms with Gasteiger partial charge in [-0.1, -0.05) is 0 Å². The molecule has 0 aliphatic carbocycles. The van der Waals surface area contributed by atoms with Crippen molar-refractivity contribution in [3.63, 3.8) is 0 Å². The number of nitrogens with one attached hydrogen (secondary N) is 1. The van der Waals surface area contributed by atoms with E-state index in [1.807, 2.05) is 0 Å². The van der Waals surface area contributed by atoms with E-state index >= 15 is 0 Å². The van der Waals surface area contributed by atoms with E-state index in [2.05, 4.69) is 36.7 Å². The molecule has 1 N–H and O–H groups in total. The van der Waals surface area contributed by atoms with Crippen LogP contribution in [0.5, 0.6) is 0 Å². The van der Waals surface area contributed by atoms with E-state index < -0.39 is 12.0 Å². The number of rotatable bonds is 4. The molecule has 2 rings (SSSR count). The van der Waals surface area contributed by atoms with Crippen molar-refractivity contribution in [1.82, 2.24) is 25.0 Å². The summed E-state index contributed by atoms with van der Waals surface area (Å²) in [5.74, 6) is -0.863. The van der Waals surface area contributed by atoms with Crippen LogP contribution >= 0.6 is 15.9 Å². The van der Waals surface area contributed by atoms with Gasteiger partial charge in [-0.2, -0.15) is 19.7 Å². The van der Waals surface area contributed by atoms with Gasteiger partial charge >= 0.3 is 0 Å². The number of hydrogen-bond acceptors (Lipinski definition) is 4. The Hall–Kier alpha value is -2.03. The summed E-state index contributed by atoms with van der Waals surface area (Å²) >= 11 is 3.26. The van der Waals surface area contributed by atoms with Crippen molar-refractivity contribution in [3.05, 3.63) is 34.1 Å². The molecule has 0 aliphatic rings. The summed E-state index contributed by atoms with van der Waals surface area (Å²) in [7, 11) is 1.50. The second-order valence-corrected chi connectivity index (χ2v) is 5.38. The quantitative estimate of drug-likeness (QED) is 0.666. The zero-order valence-electron chi connectivity index (χ0n) is 11.7. The first-order valence-electron chi connectivity index (χ1n) is 6.11. The number of amides is 1. The Balaban J connectivity index is 2.02. The standard InChI is InChI=1S/C12H14BrFN6O/c1-7-10(11(14)19(3)18-7)5-15-17-12(21)8(2)20-6-9(13)4-16-20/h4-6,8H,1-3H3,(H,17,21)/b15-5-/t8-/m0/s1. The third-order valence-electron chi connectivity index (χ3n) is 2.91. The molecular weight excluding hydrogens is 343 g/mol. The topological polar surface area (TPSA) is 77.1 Å². The number of hydrazone groups is 1. The minimum absolute atomic E-state index is 0.243. The maximum absolute atomic E-state index is 13.7. The lowest BCUT2D eigenvalue weighted by atomic mass is 10.3. The van der Waals surface area contributed by atoms with E-state index in [9.17, 15) is 9.18 Å². The Morgan fingerprint density at radius 1 is 1.62 bits per heavy atom. The second-order valence-electron chi connectivity index (χ2n) is 4.46. The number of carbonyl (C=O) groups is 1. The largest absolute Gasteiger partial charge is 0.271 e. The Labute approximate surface area is 129 Å². The highest BCUT2D eigenvalue weighted by molar-refractivity contribution is 9.10. The lowest BCUT2D eigenvalue weighted by Crippen LogP contribution is -2.27. The maximum Gasteiger partial charge on any atom is 0.264 e. The molecule has 0 bridgehead atoms. The van der Waals surface area contributed by atoms with Gasteiger partial charge in [0, 0.05) is 13.2 Å². The molecule has 0 aliphatic heterocycles. The molecule has 2 aromatic rings. The fourth-order valence-corrected chi connectivity index (χ4v) is 2.00. The SMILES string of the molecule is Cc1nn(C)c(F)c1/C=N\NC(=O)[C@H](C)n1cc(Br)cn1. The summed E-state index contributed by atoms with van der Waals surface area (Å²) in [6.07, 6.45) is 4.50. The van der Waals surface area contributed by atoms with Crippen LogP contribution in [0, 0.1) is 12.9 Å². The van der Waals surface area contributed by atoms with Crippen LogP contribution in [0.4, 0.5) is 4.39 Å². The fourth-order valence-electron chi connectivity index (χ4n) is 1.69. The average Bonchev–Trinajstić information content (AvgIpc) is 2.96. The Kier molecular flexibility index (Phi) is 4.51. The molecule has 112 valence electrons. The van der Waals surface area contributed by atoms with Gasteiger partial charge in [0.15, 0.2) is 0 Å². The number of nitrogens with zero attached hydrogens (tertiary/aromatic N) is 5. The molecule has 2 aromatic heterocycles. The minimum atomic E-state index is -0.534. The smallest absolute Gasteiger partial charge is 0.264 e. The first-order valence-corrected chi connectivity index (χ1v) is 6.91. The summed E-state index contributed by atoms with van der Waals surface area (Å²) in [5.41, 5.74) is 3.09. The predicted molar refractivity (Wildman–Crippen MR) is 78.3 cm³/mol. The molecule has 2 heterocycles. The van der Waals surface area contributed by atoms with Gasteiger partial charge in [-0.15, -0.1) is 0 Å². The Bertz CT molecular complexity index is 692. The van der Waals surface area contributed by atoms with Crippen LogP contribution in [0.15, 0.2) is 22.0 Å². The van der Waals surface area contributed by atoms with E-state index in [1.54, 1.807) is 26.2 Å². The number of hydrogen-bond donors (Lipinski definition) is 1. The number of halogens is 2. The third-order valence-corrected chi connectivity index (χ3v) is 3.32. The molecule has 0 spiro atoms. The van der Waals surface area contributed by atoms with Gasteiger partial charge in [-0.05, 0) is 29.8 Å². The molecule has 9 heteroatoms. The second kappa shape index (κ2) is 6.17. The molecule has 1 amide bonds. The number of aromatic nitrogens is 4. The molecule has 0 radical (unpaired) electrons. The van der Waals surface area contributed by atoms with E-state index in [4.69, 9.17) is 0 Å². The predicted octanol–water partition coefficient (Wildman–Crippen LogP) is 1.54. The van der Waals surface area contributed by atoms with E-state index in [1.165, 1.54) is 17.9 Å². The molecule has 0 saturated heterocycles.